The van der Waals surface area contributed by atoms with Crippen LogP contribution in [0.4, 0.5) is 5.69 Å². The number of hydrogen-bond donors (Lipinski definition) is 2. The van der Waals surface area contributed by atoms with Gasteiger partial charge in [0.2, 0.25) is 10.0 Å². The molecule has 0 atom stereocenters. The van der Waals surface area contributed by atoms with Gasteiger partial charge in [0.25, 0.3) is 5.91 Å². The lowest BCUT2D eigenvalue weighted by molar-refractivity contribution is 0.101. The average molecular weight is 347 g/mol. The third-order valence-electron chi connectivity index (χ3n) is 4.24. The zero-order valence-electron chi connectivity index (χ0n) is 14.0. The van der Waals surface area contributed by atoms with E-state index in [1.165, 1.54) is 6.07 Å². The average Bonchev–Trinajstić information content (AvgIpc) is 3.25. The van der Waals surface area contributed by atoms with Crippen molar-refractivity contribution in [1.29, 1.82) is 0 Å². The fourth-order valence-electron chi connectivity index (χ4n) is 2.49. The lowest BCUT2D eigenvalue weighted by atomic mass is 10.2. The van der Waals surface area contributed by atoms with Crippen LogP contribution in [-0.2, 0) is 17.1 Å². The third-order valence-corrected chi connectivity index (χ3v) is 5.90. The SMILES string of the molecule is Cc1ccc(NC(=O)c2ccc(C)n2C)cc1S(=O)(=O)NC1CC1. The molecule has 0 spiro atoms. The van der Waals surface area contributed by atoms with E-state index in [2.05, 4.69) is 10.0 Å². The van der Waals surface area contributed by atoms with Gasteiger partial charge in [0.05, 0.1) is 4.90 Å². The van der Waals surface area contributed by atoms with Gasteiger partial charge >= 0.3 is 0 Å². The second-order valence-electron chi connectivity index (χ2n) is 6.25. The zero-order valence-corrected chi connectivity index (χ0v) is 14.8. The zero-order chi connectivity index (χ0) is 17.5. The van der Waals surface area contributed by atoms with E-state index >= 15 is 0 Å². The number of anilines is 1. The smallest absolute Gasteiger partial charge is 0.272 e. The van der Waals surface area contributed by atoms with Gasteiger partial charge in [0, 0.05) is 24.5 Å². The van der Waals surface area contributed by atoms with Crippen molar-refractivity contribution >= 4 is 21.6 Å². The Morgan fingerprint density at radius 3 is 2.46 bits per heavy atom. The number of hydrogen-bond acceptors (Lipinski definition) is 3. The van der Waals surface area contributed by atoms with E-state index in [1.54, 1.807) is 29.7 Å². The second kappa shape index (κ2) is 6.07. The largest absolute Gasteiger partial charge is 0.344 e. The van der Waals surface area contributed by atoms with Crippen molar-refractivity contribution in [3.05, 3.63) is 47.3 Å². The van der Waals surface area contributed by atoms with Crippen LogP contribution >= 0.6 is 0 Å². The van der Waals surface area contributed by atoms with Gasteiger partial charge in [-0.3, -0.25) is 4.79 Å². The standard InChI is InChI=1S/C17H21N3O3S/c1-11-4-6-14(10-16(11)24(22,23)19-13-7-8-13)18-17(21)15-9-5-12(2)20(15)3/h4-6,9-10,13,19H,7-8H2,1-3H3,(H,18,21). The lowest BCUT2D eigenvalue weighted by Crippen LogP contribution is -2.26. The quantitative estimate of drug-likeness (QED) is 0.871. The van der Waals surface area contributed by atoms with E-state index in [4.69, 9.17) is 0 Å². The number of benzene rings is 1. The minimum Gasteiger partial charge on any atom is -0.344 e. The van der Waals surface area contributed by atoms with E-state index < -0.39 is 10.0 Å². The predicted molar refractivity (Wildman–Crippen MR) is 92.6 cm³/mol. The van der Waals surface area contributed by atoms with E-state index in [-0.39, 0.29) is 16.8 Å². The molecule has 1 saturated carbocycles. The van der Waals surface area contributed by atoms with Crippen LogP contribution in [0, 0.1) is 13.8 Å². The molecule has 0 unspecified atom stereocenters. The van der Waals surface area contributed by atoms with E-state index in [0.717, 1.165) is 18.5 Å². The summed E-state index contributed by atoms with van der Waals surface area (Å²) in [5, 5.41) is 2.77. The van der Waals surface area contributed by atoms with Gasteiger partial charge in [-0.25, -0.2) is 13.1 Å². The Hall–Kier alpha value is -2.12. The van der Waals surface area contributed by atoms with Crippen molar-refractivity contribution in [2.45, 2.75) is 37.6 Å². The molecule has 24 heavy (non-hydrogen) atoms. The molecule has 128 valence electrons. The van der Waals surface area contributed by atoms with Crippen LogP contribution in [0.1, 0.15) is 34.6 Å². The van der Waals surface area contributed by atoms with Gasteiger partial charge in [-0.1, -0.05) is 6.07 Å². The fourth-order valence-corrected chi connectivity index (χ4v) is 4.06. The molecule has 0 saturated heterocycles. The van der Waals surface area contributed by atoms with Crippen LogP contribution < -0.4 is 10.0 Å². The molecule has 1 amide bonds. The molecular weight excluding hydrogens is 326 g/mol. The highest BCUT2D eigenvalue weighted by Gasteiger charge is 2.29. The number of aromatic nitrogens is 1. The minimum atomic E-state index is -3.56. The minimum absolute atomic E-state index is 0.0407. The molecule has 0 bridgehead atoms. The highest BCUT2D eigenvalue weighted by atomic mass is 32.2. The summed E-state index contributed by atoms with van der Waals surface area (Å²) in [4.78, 5) is 12.6. The van der Waals surface area contributed by atoms with E-state index in [0.29, 0.717) is 16.9 Å². The Morgan fingerprint density at radius 2 is 1.88 bits per heavy atom. The summed E-state index contributed by atoms with van der Waals surface area (Å²) in [7, 11) is -1.75. The number of carbonyl (C=O) groups is 1. The van der Waals surface area contributed by atoms with Crippen molar-refractivity contribution in [2.24, 2.45) is 7.05 Å². The molecule has 0 radical (unpaired) electrons. The fraction of sp³-hybridized carbons (Fsp3) is 0.353. The van der Waals surface area contributed by atoms with Crippen molar-refractivity contribution in [2.75, 3.05) is 5.32 Å². The number of carbonyl (C=O) groups excluding carboxylic acids is 1. The van der Waals surface area contributed by atoms with E-state index in [9.17, 15) is 13.2 Å². The highest BCUT2D eigenvalue weighted by Crippen LogP contribution is 2.25. The Kier molecular flexibility index (Phi) is 4.23. The summed E-state index contributed by atoms with van der Waals surface area (Å²) in [6.45, 7) is 3.66. The number of rotatable bonds is 5. The van der Waals surface area contributed by atoms with Gasteiger partial charge in [-0.05, 0) is 56.5 Å². The molecular formula is C17H21N3O3S. The molecule has 1 heterocycles. The number of nitrogens with zero attached hydrogens (tertiary/aromatic N) is 1. The second-order valence-corrected chi connectivity index (χ2v) is 7.93. The van der Waals surface area contributed by atoms with Crippen molar-refractivity contribution in [3.8, 4) is 0 Å². The first kappa shape index (κ1) is 16.7. The van der Waals surface area contributed by atoms with Crippen LogP contribution in [0.25, 0.3) is 0 Å². The maximum Gasteiger partial charge on any atom is 0.272 e. The molecule has 7 heteroatoms. The summed E-state index contributed by atoms with van der Waals surface area (Å²) in [5.74, 6) is -0.270. The van der Waals surface area contributed by atoms with Crippen LogP contribution in [0.2, 0.25) is 0 Å². The first-order valence-corrected chi connectivity index (χ1v) is 9.33. The van der Waals surface area contributed by atoms with Crippen LogP contribution in [0.5, 0.6) is 0 Å². The van der Waals surface area contributed by atoms with Gasteiger partial charge in [-0.2, -0.15) is 0 Å². The molecule has 0 aliphatic heterocycles. The van der Waals surface area contributed by atoms with Crippen molar-refractivity contribution in [3.63, 3.8) is 0 Å². The molecule has 1 aliphatic rings. The number of amides is 1. The highest BCUT2D eigenvalue weighted by molar-refractivity contribution is 7.89. The summed E-state index contributed by atoms with van der Waals surface area (Å²) in [6, 6.07) is 8.56. The molecule has 3 rings (SSSR count). The molecule has 1 fully saturated rings. The molecule has 6 nitrogen and oxygen atoms in total. The van der Waals surface area contributed by atoms with Gasteiger partial charge < -0.3 is 9.88 Å². The maximum absolute atomic E-state index is 12.4. The lowest BCUT2D eigenvalue weighted by Gasteiger charge is -2.12. The van der Waals surface area contributed by atoms with Crippen LogP contribution in [0.15, 0.2) is 35.2 Å². The summed E-state index contributed by atoms with van der Waals surface area (Å²) >= 11 is 0. The number of aryl methyl sites for hydroxylation is 2. The summed E-state index contributed by atoms with van der Waals surface area (Å²) in [6.07, 6.45) is 1.75. The third kappa shape index (κ3) is 3.37. The normalized spacial score (nSPS) is 14.6. The van der Waals surface area contributed by atoms with Gasteiger partial charge in [0.1, 0.15) is 5.69 Å². The topological polar surface area (TPSA) is 80.2 Å². The molecule has 1 aromatic carbocycles. The molecule has 2 aromatic rings. The number of sulfonamides is 1. The first-order valence-electron chi connectivity index (χ1n) is 7.84. The monoisotopic (exact) mass is 347 g/mol. The molecule has 1 aromatic heterocycles. The van der Waals surface area contributed by atoms with Gasteiger partial charge in [0.15, 0.2) is 0 Å². The summed E-state index contributed by atoms with van der Waals surface area (Å²) < 4.78 is 29.3. The number of nitrogens with one attached hydrogen (secondary N) is 2. The Bertz CT molecular complexity index is 896. The van der Waals surface area contributed by atoms with Crippen molar-refractivity contribution in [1.82, 2.24) is 9.29 Å². The molecule has 2 N–H and O–H groups in total. The Labute approximate surface area is 141 Å². The summed E-state index contributed by atoms with van der Waals surface area (Å²) in [5.41, 5.74) is 2.60. The first-order chi connectivity index (χ1) is 11.3. The predicted octanol–water partition coefficient (Wildman–Crippen LogP) is 2.33. The van der Waals surface area contributed by atoms with Crippen molar-refractivity contribution < 1.29 is 13.2 Å². The molecule has 1 aliphatic carbocycles. The Balaban J connectivity index is 1.85. The Morgan fingerprint density at radius 1 is 1.17 bits per heavy atom. The maximum atomic E-state index is 12.4. The van der Waals surface area contributed by atoms with Crippen LogP contribution in [0.3, 0.4) is 0 Å². The van der Waals surface area contributed by atoms with E-state index in [1.807, 2.05) is 20.0 Å². The van der Waals surface area contributed by atoms with Gasteiger partial charge in [-0.15, -0.1) is 0 Å². The van der Waals surface area contributed by atoms with Crippen LogP contribution in [-0.4, -0.2) is 24.9 Å².